The molecule has 0 saturated carbocycles. The number of halogens is 1. The van der Waals surface area contributed by atoms with E-state index in [0.717, 1.165) is 0 Å². The van der Waals surface area contributed by atoms with Gasteiger partial charge in [0.15, 0.2) is 11.5 Å². The normalized spacial score (nSPS) is 13.2. The summed E-state index contributed by atoms with van der Waals surface area (Å²) in [5, 5.41) is 5.48. The van der Waals surface area contributed by atoms with Crippen LogP contribution in [0, 0.1) is 0 Å². The molecule has 2 aromatic rings. The topological polar surface area (TPSA) is 123 Å². The number of sulfonamides is 1. The Morgan fingerprint density at radius 1 is 1.03 bits per heavy atom. The molecule has 0 aliphatic carbocycles. The highest BCUT2D eigenvalue weighted by atomic mass is 35.5. The van der Waals surface area contributed by atoms with E-state index in [-0.39, 0.29) is 28.8 Å². The number of nitrogens with one attached hydrogen (secondary N) is 3. The molecule has 0 unspecified atom stereocenters. The molecule has 11 heteroatoms. The highest BCUT2D eigenvalue weighted by Crippen LogP contribution is 2.32. The van der Waals surface area contributed by atoms with Gasteiger partial charge in [-0.15, -0.1) is 0 Å². The van der Waals surface area contributed by atoms with Crippen LogP contribution in [-0.2, 0) is 19.6 Å². The van der Waals surface area contributed by atoms with Crippen molar-refractivity contribution in [3.05, 3.63) is 41.4 Å². The van der Waals surface area contributed by atoms with E-state index in [9.17, 15) is 18.0 Å². The third kappa shape index (κ3) is 6.33. The summed E-state index contributed by atoms with van der Waals surface area (Å²) in [5.74, 6) is 0.160. The van der Waals surface area contributed by atoms with Gasteiger partial charge in [0.2, 0.25) is 21.8 Å². The first-order chi connectivity index (χ1) is 14.7. The molecule has 2 amide bonds. The summed E-state index contributed by atoms with van der Waals surface area (Å²) in [6.45, 7) is 2.19. The summed E-state index contributed by atoms with van der Waals surface area (Å²) < 4.78 is 38.5. The molecule has 0 bridgehead atoms. The Hall–Kier alpha value is -2.82. The van der Waals surface area contributed by atoms with Gasteiger partial charge in [-0.3, -0.25) is 9.59 Å². The maximum Gasteiger partial charge on any atom is 0.240 e. The van der Waals surface area contributed by atoms with Crippen LogP contribution in [0.5, 0.6) is 11.5 Å². The van der Waals surface area contributed by atoms with Crippen molar-refractivity contribution in [1.82, 2.24) is 4.72 Å². The van der Waals surface area contributed by atoms with E-state index in [1.54, 1.807) is 12.1 Å². The first-order valence-corrected chi connectivity index (χ1v) is 11.4. The molecule has 0 fully saturated rings. The van der Waals surface area contributed by atoms with Crippen molar-refractivity contribution in [2.45, 2.75) is 24.7 Å². The van der Waals surface area contributed by atoms with Gasteiger partial charge < -0.3 is 20.1 Å². The Labute approximate surface area is 185 Å². The Morgan fingerprint density at radius 2 is 1.77 bits per heavy atom. The van der Waals surface area contributed by atoms with E-state index < -0.39 is 15.9 Å². The van der Waals surface area contributed by atoms with Gasteiger partial charge >= 0.3 is 0 Å². The number of benzene rings is 2. The summed E-state index contributed by atoms with van der Waals surface area (Å²) in [7, 11) is -3.84. The zero-order valence-corrected chi connectivity index (χ0v) is 18.3. The molecule has 0 aromatic heterocycles. The Bertz CT molecular complexity index is 1090. The summed E-state index contributed by atoms with van der Waals surface area (Å²) in [6.07, 6.45) is 0.590. The molecule has 0 saturated heterocycles. The van der Waals surface area contributed by atoms with Crippen molar-refractivity contribution in [2.75, 3.05) is 30.4 Å². The van der Waals surface area contributed by atoms with E-state index >= 15 is 0 Å². The van der Waals surface area contributed by atoms with Crippen molar-refractivity contribution in [3.8, 4) is 11.5 Å². The van der Waals surface area contributed by atoms with Crippen LogP contribution in [0.15, 0.2) is 41.3 Å². The third-order valence-electron chi connectivity index (χ3n) is 4.23. The fourth-order valence-electron chi connectivity index (χ4n) is 2.81. The van der Waals surface area contributed by atoms with Crippen molar-refractivity contribution in [2.24, 2.45) is 0 Å². The Morgan fingerprint density at radius 3 is 2.52 bits per heavy atom. The number of fused-ring (bicyclic) bond motifs is 1. The predicted octanol–water partition coefficient (Wildman–Crippen LogP) is 2.77. The van der Waals surface area contributed by atoms with Crippen molar-refractivity contribution in [1.29, 1.82) is 0 Å². The van der Waals surface area contributed by atoms with Gasteiger partial charge in [-0.25, -0.2) is 13.1 Å². The lowest BCUT2D eigenvalue weighted by Crippen LogP contribution is -2.28. The van der Waals surface area contributed by atoms with Crippen LogP contribution < -0.4 is 24.8 Å². The number of anilines is 2. The molecule has 3 rings (SSSR count). The molecule has 0 atom stereocenters. The van der Waals surface area contributed by atoms with Gasteiger partial charge in [0.25, 0.3) is 0 Å². The van der Waals surface area contributed by atoms with E-state index in [0.29, 0.717) is 42.5 Å². The minimum absolute atomic E-state index is 0.0169. The van der Waals surface area contributed by atoms with Crippen LogP contribution in [0.4, 0.5) is 11.4 Å². The number of hydrogen-bond donors (Lipinski definition) is 3. The number of rotatable bonds is 7. The number of amides is 2. The average Bonchev–Trinajstić information content (AvgIpc) is 2.95. The maximum absolute atomic E-state index is 12.5. The summed E-state index contributed by atoms with van der Waals surface area (Å²) in [6, 6.07) is 9.02. The fourth-order valence-corrected chi connectivity index (χ4v) is 4.02. The lowest BCUT2D eigenvalue weighted by atomic mass is 10.2. The van der Waals surface area contributed by atoms with Gasteiger partial charge in [-0.2, -0.15) is 0 Å². The average molecular weight is 468 g/mol. The van der Waals surface area contributed by atoms with Gasteiger partial charge in [-0.05, 0) is 30.3 Å². The van der Waals surface area contributed by atoms with Crippen LogP contribution in [0.3, 0.4) is 0 Å². The molecule has 0 radical (unpaired) electrons. The molecular weight excluding hydrogens is 446 g/mol. The molecule has 1 aliphatic rings. The quantitative estimate of drug-likeness (QED) is 0.575. The minimum Gasteiger partial charge on any atom is -0.490 e. The minimum atomic E-state index is -3.84. The molecule has 1 heterocycles. The Balaban J connectivity index is 1.58. The summed E-state index contributed by atoms with van der Waals surface area (Å²) >= 11 is 6.07. The van der Waals surface area contributed by atoms with E-state index in [1.807, 2.05) is 0 Å². The van der Waals surface area contributed by atoms with E-state index in [2.05, 4.69) is 15.4 Å². The van der Waals surface area contributed by atoms with Crippen molar-refractivity contribution < 1.29 is 27.5 Å². The second kappa shape index (κ2) is 9.99. The molecule has 9 nitrogen and oxygen atoms in total. The predicted molar refractivity (Wildman–Crippen MR) is 116 cm³/mol. The largest absolute Gasteiger partial charge is 0.490 e. The molecule has 2 aromatic carbocycles. The molecule has 3 N–H and O–H groups in total. The Kier molecular flexibility index (Phi) is 7.37. The van der Waals surface area contributed by atoms with Crippen molar-refractivity contribution in [3.63, 3.8) is 0 Å². The summed E-state index contributed by atoms with van der Waals surface area (Å²) in [5.41, 5.74) is 0.783. The number of hydrogen-bond acceptors (Lipinski definition) is 6. The molecular formula is C20H22ClN3O6S. The van der Waals surface area contributed by atoms with Crippen LogP contribution in [0.25, 0.3) is 0 Å². The van der Waals surface area contributed by atoms with E-state index in [1.165, 1.54) is 31.2 Å². The van der Waals surface area contributed by atoms with Crippen LogP contribution in [0.2, 0.25) is 5.02 Å². The zero-order valence-electron chi connectivity index (χ0n) is 16.7. The standard InChI is InChI=1S/C20H22ClN3O6S/c1-13(25)23-14-3-5-16(21)17(11-14)24-20(26)7-8-22-31(27,28)15-4-6-18-19(12-15)30-10-2-9-29-18/h3-6,11-12,22H,2,7-10H2,1H3,(H,23,25)(H,24,26). The monoisotopic (exact) mass is 467 g/mol. The zero-order chi connectivity index (χ0) is 22.4. The first kappa shape index (κ1) is 22.9. The fraction of sp³-hybridized carbons (Fsp3) is 0.300. The SMILES string of the molecule is CC(=O)Nc1ccc(Cl)c(NC(=O)CCNS(=O)(=O)c2ccc3c(c2)OCCCO3)c1. The molecule has 31 heavy (non-hydrogen) atoms. The van der Waals surface area contributed by atoms with Crippen LogP contribution >= 0.6 is 11.6 Å². The number of carbonyl (C=O) groups excluding carboxylic acids is 2. The highest BCUT2D eigenvalue weighted by molar-refractivity contribution is 7.89. The number of carbonyl (C=O) groups is 2. The van der Waals surface area contributed by atoms with Crippen LogP contribution in [-0.4, -0.2) is 40.0 Å². The lowest BCUT2D eigenvalue weighted by Gasteiger charge is -2.12. The van der Waals surface area contributed by atoms with Gasteiger partial charge in [0.05, 0.1) is 28.8 Å². The number of ether oxygens (including phenoxy) is 2. The van der Waals surface area contributed by atoms with Crippen LogP contribution in [0.1, 0.15) is 19.8 Å². The van der Waals surface area contributed by atoms with Gasteiger partial charge in [-0.1, -0.05) is 11.6 Å². The smallest absolute Gasteiger partial charge is 0.240 e. The molecule has 166 valence electrons. The second-order valence-electron chi connectivity index (χ2n) is 6.73. The molecule has 0 spiro atoms. The lowest BCUT2D eigenvalue weighted by molar-refractivity contribution is -0.116. The highest BCUT2D eigenvalue weighted by Gasteiger charge is 2.19. The first-order valence-electron chi connectivity index (χ1n) is 9.51. The van der Waals surface area contributed by atoms with Gasteiger partial charge in [0.1, 0.15) is 0 Å². The third-order valence-corrected chi connectivity index (χ3v) is 6.02. The van der Waals surface area contributed by atoms with Crippen molar-refractivity contribution >= 4 is 44.8 Å². The maximum atomic E-state index is 12.5. The van der Waals surface area contributed by atoms with Gasteiger partial charge in [0, 0.05) is 38.1 Å². The summed E-state index contributed by atoms with van der Waals surface area (Å²) in [4.78, 5) is 23.4. The van der Waals surface area contributed by atoms with E-state index in [4.69, 9.17) is 21.1 Å². The second-order valence-corrected chi connectivity index (χ2v) is 8.90. The molecule has 1 aliphatic heterocycles.